The standard InChI is InChI=1S/C22H15Cl3F9N3O/c1-10(35-9-20(26,27)28)36-37-19(38)13-4-2-11(6-15(13)22(32,33)34)3-5-14(21(29,30)31)12-7-16(23)18(25)17(24)8-12/h2-8,14,35-36H,1,9H2,(H,37,38)/b5-3+. The number of rotatable bonds is 8. The average Bonchev–Trinajstić information content (AvgIpc) is 2.77. The molecule has 16 heteroatoms. The molecule has 0 aromatic heterocycles. The van der Waals surface area contributed by atoms with Gasteiger partial charge in [-0.1, -0.05) is 59.6 Å². The van der Waals surface area contributed by atoms with Gasteiger partial charge in [-0.05, 0) is 35.4 Å². The first-order valence-electron chi connectivity index (χ1n) is 9.96. The highest BCUT2D eigenvalue weighted by Gasteiger charge is 2.40. The van der Waals surface area contributed by atoms with Crippen LogP contribution in [0.25, 0.3) is 6.08 Å². The lowest BCUT2D eigenvalue weighted by molar-refractivity contribution is -0.139. The van der Waals surface area contributed by atoms with Crippen molar-refractivity contribution in [2.24, 2.45) is 0 Å². The van der Waals surface area contributed by atoms with Gasteiger partial charge in [0.1, 0.15) is 12.4 Å². The minimum absolute atomic E-state index is 0.181. The first-order valence-corrected chi connectivity index (χ1v) is 11.1. The summed E-state index contributed by atoms with van der Waals surface area (Å²) in [7, 11) is 0. The summed E-state index contributed by atoms with van der Waals surface area (Å²) in [5.41, 5.74) is 0.388. The van der Waals surface area contributed by atoms with Gasteiger partial charge in [-0.3, -0.25) is 15.6 Å². The molecule has 4 nitrogen and oxygen atoms in total. The van der Waals surface area contributed by atoms with Crippen LogP contribution >= 0.6 is 34.8 Å². The Hall–Kier alpha value is -2.77. The van der Waals surface area contributed by atoms with Crippen molar-refractivity contribution < 1.29 is 44.3 Å². The highest BCUT2D eigenvalue weighted by Crippen LogP contribution is 2.41. The molecular formula is C22H15Cl3F9N3O. The van der Waals surface area contributed by atoms with Crippen molar-refractivity contribution in [1.29, 1.82) is 0 Å². The molecular weight excluding hydrogens is 600 g/mol. The number of benzene rings is 2. The Morgan fingerprint density at radius 2 is 1.50 bits per heavy atom. The highest BCUT2D eigenvalue weighted by atomic mass is 35.5. The zero-order valence-electron chi connectivity index (χ0n) is 18.5. The molecule has 0 aliphatic carbocycles. The van der Waals surface area contributed by atoms with E-state index >= 15 is 0 Å². The van der Waals surface area contributed by atoms with Crippen LogP contribution in [0, 0.1) is 0 Å². The van der Waals surface area contributed by atoms with Crippen molar-refractivity contribution in [2.45, 2.75) is 24.4 Å². The van der Waals surface area contributed by atoms with Crippen LogP contribution < -0.4 is 16.2 Å². The summed E-state index contributed by atoms with van der Waals surface area (Å²) < 4.78 is 119. The van der Waals surface area contributed by atoms with Crippen molar-refractivity contribution in [3.05, 3.63) is 86.1 Å². The maximum absolute atomic E-state index is 13.7. The van der Waals surface area contributed by atoms with Gasteiger partial charge >= 0.3 is 18.5 Å². The zero-order valence-corrected chi connectivity index (χ0v) is 20.7. The third kappa shape index (κ3) is 8.91. The van der Waals surface area contributed by atoms with Crippen molar-refractivity contribution in [3.8, 4) is 0 Å². The van der Waals surface area contributed by atoms with E-state index in [1.165, 1.54) is 0 Å². The molecule has 2 rings (SSSR count). The molecule has 3 N–H and O–H groups in total. The zero-order chi connectivity index (χ0) is 29.1. The molecule has 0 spiro atoms. The molecule has 0 radical (unpaired) electrons. The Morgan fingerprint density at radius 1 is 0.921 bits per heavy atom. The fourth-order valence-electron chi connectivity index (χ4n) is 2.92. The van der Waals surface area contributed by atoms with Crippen LogP contribution in [-0.4, -0.2) is 24.8 Å². The van der Waals surface area contributed by atoms with Gasteiger partial charge in [0.05, 0.1) is 32.1 Å². The summed E-state index contributed by atoms with van der Waals surface area (Å²) in [6.45, 7) is 1.59. The summed E-state index contributed by atoms with van der Waals surface area (Å²) in [4.78, 5) is 12.2. The van der Waals surface area contributed by atoms with Crippen LogP contribution in [-0.2, 0) is 6.18 Å². The number of carbonyl (C=O) groups excluding carboxylic acids is 1. The Bertz CT molecular complexity index is 1200. The second-order valence-electron chi connectivity index (χ2n) is 7.51. The summed E-state index contributed by atoms with van der Waals surface area (Å²) in [6, 6.07) is 3.88. The number of nitrogens with one attached hydrogen (secondary N) is 3. The third-order valence-electron chi connectivity index (χ3n) is 4.62. The molecule has 0 fully saturated rings. The van der Waals surface area contributed by atoms with Crippen LogP contribution in [0.15, 0.2) is 48.8 Å². The highest BCUT2D eigenvalue weighted by molar-refractivity contribution is 6.48. The second kappa shape index (κ2) is 12.0. The SMILES string of the molecule is C=C(NCC(F)(F)F)NNC(=O)c1ccc(/C=C/C(c2cc(Cl)c(Cl)c(Cl)c2)C(F)(F)F)cc1C(F)(F)F. The fraction of sp³-hybridized carbons (Fsp3) is 0.227. The van der Waals surface area contributed by atoms with Crippen molar-refractivity contribution in [3.63, 3.8) is 0 Å². The van der Waals surface area contributed by atoms with E-state index < -0.39 is 59.4 Å². The molecule has 2 aromatic carbocycles. The quantitative estimate of drug-likeness (QED) is 0.161. The maximum Gasteiger partial charge on any atom is 0.417 e. The number of hydrogen-bond acceptors (Lipinski definition) is 3. The molecule has 208 valence electrons. The average molecular weight is 615 g/mol. The lowest BCUT2D eigenvalue weighted by Gasteiger charge is -2.19. The Balaban J connectivity index is 2.33. The number of allylic oxidation sites excluding steroid dienone is 1. The predicted molar refractivity (Wildman–Crippen MR) is 125 cm³/mol. The van der Waals surface area contributed by atoms with E-state index in [-0.39, 0.29) is 20.6 Å². The number of hydrazine groups is 1. The van der Waals surface area contributed by atoms with E-state index in [9.17, 15) is 44.3 Å². The van der Waals surface area contributed by atoms with E-state index in [0.29, 0.717) is 18.2 Å². The van der Waals surface area contributed by atoms with Gasteiger partial charge < -0.3 is 5.32 Å². The minimum atomic E-state index is -5.12. The largest absolute Gasteiger partial charge is 0.417 e. The fourth-order valence-corrected chi connectivity index (χ4v) is 3.53. The minimum Gasteiger partial charge on any atom is -0.362 e. The molecule has 2 aromatic rings. The summed E-state index contributed by atoms with van der Waals surface area (Å²) in [6.07, 6.45) is -13.3. The lowest BCUT2D eigenvalue weighted by atomic mass is 9.96. The number of alkyl halides is 9. The van der Waals surface area contributed by atoms with E-state index in [1.807, 2.05) is 5.43 Å². The molecule has 0 saturated heterocycles. The molecule has 1 atom stereocenters. The molecule has 0 saturated carbocycles. The molecule has 1 unspecified atom stereocenters. The topological polar surface area (TPSA) is 53.2 Å². The Labute approximate surface area is 224 Å². The van der Waals surface area contributed by atoms with Crippen LogP contribution in [0.4, 0.5) is 39.5 Å². The molecule has 38 heavy (non-hydrogen) atoms. The summed E-state index contributed by atoms with van der Waals surface area (Å²) >= 11 is 17.3. The Kier molecular flexibility index (Phi) is 9.89. The normalized spacial score (nSPS) is 13.4. The smallest absolute Gasteiger partial charge is 0.362 e. The number of carbonyl (C=O) groups is 1. The number of amides is 1. The van der Waals surface area contributed by atoms with Gasteiger partial charge in [0.25, 0.3) is 5.91 Å². The maximum atomic E-state index is 13.7. The molecule has 0 aliphatic heterocycles. The van der Waals surface area contributed by atoms with Gasteiger partial charge in [0.2, 0.25) is 0 Å². The summed E-state index contributed by atoms with van der Waals surface area (Å²) in [5.74, 6) is -4.29. The van der Waals surface area contributed by atoms with Gasteiger partial charge in [0, 0.05) is 0 Å². The number of hydrogen-bond donors (Lipinski definition) is 3. The van der Waals surface area contributed by atoms with Gasteiger partial charge in [-0.25, -0.2) is 0 Å². The first kappa shape index (κ1) is 31.4. The van der Waals surface area contributed by atoms with E-state index in [4.69, 9.17) is 34.8 Å². The van der Waals surface area contributed by atoms with Crippen LogP contribution in [0.1, 0.15) is 33.0 Å². The van der Waals surface area contributed by atoms with Crippen molar-refractivity contribution in [1.82, 2.24) is 16.2 Å². The van der Waals surface area contributed by atoms with Crippen molar-refractivity contribution in [2.75, 3.05) is 6.54 Å². The third-order valence-corrected chi connectivity index (χ3v) is 5.82. The van der Waals surface area contributed by atoms with Gasteiger partial charge in [-0.15, -0.1) is 0 Å². The monoisotopic (exact) mass is 613 g/mol. The van der Waals surface area contributed by atoms with E-state index in [0.717, 1.165) is 24.3 Å². The predicted octanol–water partition coefficient (Wildman–Crippen LogP) is 7.88. The van der Waals surface area contributed by atoms with Gasteiger partial charge in [0.15, 0.2) is 0 Å². The molecule has 0 heterocycles. The summed E-state index contributed by atoms with van der Waals surface area (Å²) in [5, 5.41) is 1.04. The van der Waals surface area contributed by atoms with Crippen LogP contribution in [0.2, 0.25) is 15.1 Å². The second-order valence-corrected chi connectivity index (χ2v) is 8.70. The van der Waals surface area contributed by atoms with E-state index in [1.54, 1.807) is 10.7 Å². The van der Waals surface area contributed by atoms with Crippen LogP contribution in [0.5, 0.6) is 0 Å². The van der Waals surface area contributed by atoms with Gasteiger partial charge in [-0.2, -0.15) is 39.5 Å². The first-order chi connectivity index (χ1) is 17.3. The number of halogens is 12. The molecule has 1 amide bonds. The Morgan fingerprint density at radius 3 is 2.00 bits per heavy atom. The van der Waals surface area contributed by atoms with Crippen molar-refractivity contribution >= 4 is 46.8 Å². The lowest BCUT2D eigenvalue weighted by Crippen LogP contribution is -2.43. The van der Waals surface area contributed by atoms with E-state index in [2.05, 4.69) is 6.58 Å². The molecule has 0 aliphatic rings. The molecule has 0 bridgehead atoms. The van der Waals surface area contributed by atoms with Crippen LogP contribution in [0.3, 0.4) is 0 Å².